The van der Waals surface area contributed by atoms with Crippen LogP contribution in [0.15, 0.2) is 48.5 Å². The molecule has 2 aromatic rings. The molecule has 6 nitrogen and oxygen atoms in total. The van der Waals surface area contributed by atoms with Crippen LogP contribution in [-0.2, 0) is 20.7 Å². The van der Waals surface area contributed by atoms with E-state index in [0.29, 0.717) is 30.3 Å². The number of benzene rings is 2. The van der Waals surface area contributed by atoms with Crippen molar-refractivity contribution in [3.8, 4) is 5.75 Å². The average molecular weight is 417 g/mol. The number of carbonyl (C=O) groups excluding carboxylic acids is 2. The van der Waals surface area contributed by atoms with Crippen LogP contribution in [0.4, 0.5) is 0 Å². The van der Waals surface area contributed by atoms with Gasteiger partial charge in [0, 0.05) is 11.6 Å². The molecular weight excluding hydrogens is 392 g/mol. The number of hydrogen-bond acceptors (Lipinski definition) is 4. The van der Waals surface area contributed by atoms with Crippen molar-refractivity contribution in [2.24, 2.45) is 5.73 Å². The van der Waals surface area contributed by atoms with Gasteiger partial charge < -0.3 is 20.1 Å². The van der Waals surface area contributed by atoms with Crippen LogP contribution in [0.2, 0.25) is 5.02 Å². The highest BCUT2D eigenvalue weighted by atomic mass is 35.5. The molecule has 0 spiro atoms. The van der Waals surface area contributed by atoms with Crippen molar-refractivity contribution in [1.29, 1.82) is 0 Å². The average Bonchev–Trinajstić information content (AvgIpc) is 2.69. The highest BCUT2D eigenvalue weighted by Crippen LogP contribution is 2.25. The highest BCUT2D eigenvalue weighted by molar-refractivity contribution is 6.30. The Hall–Kier alpha value is -2.57. The van der Waals surface area contributed by atoms with Gasteiger partial charge in [-0.2, -0.15) is 0 Å². The first-order valence-corrected chi connectivity index (χ1v) is 9.88. The normalized spacial score (nSPS) is 19.0. The number of primary amides is 1. The molecule has 0 saturated carbocycles. The van der Waals surface area contributed by atoms with Gasteiger partial charge in [0.1, 0.15) is 18.0 Å². The second-order valence-corrected chi connectivity index (χ2v) is 7.77. The van der Waals surface area contributed by atoms with Crippen LogP contribution in [0.25, 0.3) is 0 Å². The van der Waals surface area contributed by atoms with Gasteiger partial charge in [0.05, 0.1) is 26.0 Å². The number of carbonyl (C=O) groups is 2. The number of aryl methyl sites for hydroxylation is 1. The van der Waals surface area contributed by atoms with Gasteiger partial charge in [0.15, 0.2) is 0 Å². The first kappa shape index (κ1) is 21.1. The fourth-order valence-corrected chi connectivity index (χ4v) is 3.58. The number of halogens is 1. The minimum Gasteiger partial charge on any atom is -0.490 e. The number of nitrogens with zero attached hydrogens (tertiary/aromatic N) is 1. The molecule has 1 heterocycles. The minimum atomic E-state index is -0.981. The summed E-state index contributed by atoms with van der Waals surface area (Å²) in [7, 11) is 0. The summed E-state index contributed by atoms with van der Waals surface area (Å²) in [5.41, 5.74) is 6.55. The molecule has 0 unspecified atom stereocenters. The van der Waals surface area contributed by atoms with Gasteiger partial charge in [0.25, 0.3) is 0 Å². The smallest absolute Gasteiger partial charge is 0.227 e. The molecule has 2 amide bonds. The van der Waals surface area contributed by atoms with E-state index in [0.717, 1.165) is 11.1 Å². The summed E-state index contributed by atoms with van der Waals surface area (Å²) < 4.78 is 11.8. The van der Waals surface area contributed by atoms with E-state index in [4.69, 9.17) is 26.8 Å². The van der Waals surface area contributed by atoms with E-state index in [1.54, 1.807) is 29.2 Å². The van der Waals surface area contributed by atoms with E-state index < -0.39 is 11.5 Å². The summed E-state index contributed by atoms with van der Waals surface area (Å²) in [5.74, 6) is 0.0889. The standard InChI is InChI=1S/C22H25ClN2O4/c1-16-4-2-3-5-17(16)12-21(27)25-10-11-29-22(14-25,13-20(24)26)15-28-19-8-6-18(23)7-9-19/h2-9H,10-15H2,1H3,(H2,24,26)/t22-/m0/s1. The Labute approximate surface area is 175 Å². The monoisotopic (exact) mass is 416 g/mol. The molecule has 2 aromatic carbocycles. The Balaban J connectivity index is 1.71. The zero-order valence-electron chi connectivity index (χ0n) is 16.4. The minimum absolute atomic E-state index is 0.0112. The van der Waals surface area contributed by atoms with E-state index >= 15 is 0 Å². The lowest BCUT2D eigenvalue weighted by molar-refractivity contribution is -0.161. The SMILES string of the molecule is Cc1ccccc1CC(=O)N1CCO[C@@](COc2ccc(Cl)cc2)(CC(N)=O)C1. The van der Waals surface area contributed by atoms with Crippen molar-refractivity contribution in [2.45, 2.75) is 25.4 Å². The van der Waals surface area contributed by atoms with Crippen LogP contribution in [-0.4, -0.2) is 48.6 Å². The first-order chi connectivity index (χ1) is 13.9. The molecule has 1 atom stereocenters. The summed E-state index contributed by atoms with van der Waals surface area (Å²) in [6, 6.07) is 14.7. The maximum Gasteiger partial charge on any atom is 0.227 e. The lowest BCUT2D eigenvalue weighted by Crippen LogP contribution is -2.58. The van der Waals surface area contributed by atoms with Crippen LogP contribution < -0.4 is 10.5 Å². The molecule has 0 radical (unpaired) electrons. The topological polar surface area (TPSA) is 81.9 Å². The second-order valence-electron chi connectivity index (χ2n) is 7.34. The predicted octanol–water partition coefficient (Wildman–Crippen LogP) is 2.74. The zero-order chi connectivity index (χ0) is 20.9. The molecule has 1 aliphatic rings. The fourth-order valence-electron chi connectivity index (χ4n) is 3.45. The molecule has 0 aliphatic carbocycles. The van der Waals surface area contributed by atoms with Crippen molar-refractivity contribution in [2.75, 3.05) is 26.3 Å². The van der Waals surface area contributed by atoms with E-state index in [-0.39, 0.29) is 25.5 Å². The number of amides is 2. The predicted molar refractivity (Wildman–Crippen MR) is 111 cm³/mol. The Kier molecular flexibility index (Phi) is 6.77. The Morgan fingerprint density at radius 3 is 2.62 bits per heavy atom. The molecule has 0 aromatic heterocycles. The van der Waals surface area contributed by atoms with E-state index in [1.165, 1.54) is 0 Å². The molecule has 29 heavy (non-hydrogen) atoms. The number of nitrogens with two attached hydrogens (primary N) is 1. The van der Waals surface area contributed by atoms with E-state index in [9.17, 15) is 9.59 Å². The summed E-state index contributed by atoms with van der Waals surface area (Å²) >= 11 is 5.90. The van der Waals surface area contributed by atoms with Crippen molar-refractivity contribution >= 4 is 23.4 Å². The molecular formula is C22H25ClN2O4. The summed E-state index contributed by atoms with van der Waals surface area (Å²) in [6.45, 7) is 3.11. The molecule has 3 rings (SSSR count). The van der Waals surface area contributed by atoms with Crippen LogP contribution in [0, 0.1) is 6.92 Å². The number of rotatable bonds is 7. The lowest BCUT2D eigenvalue weighted by atomic mass is 9.96. The van der Waals surface area contributed by atoms with Gasteiger partial charge in [-0.15, -0.1) is 0 Å². The molecule has 1 fully saturated rings. The summed E-state index contributed by atoms with van der Waals surface area (Å²) in [5, 5.41) is 0.603. The molecule has 0 bridgehead atoms. The van der Waals surface area contributed by atoms with E-state index in [2.05, 4.69) is 0 Å². The number of ether oxygens (including phenoxy) is 2. The number of morpholine rings is 1. The molecule has 7 heteroatoms. The van der Waals surface area contributed by atoms with Gasteiger partial charge in [0.2, 0.25) is 11.8 Å². The van der Waals surface area contributed by atoms with Gasteiger partial charge >= 0.3 is 0 Å². The third kappa shape index (κ3) is 5.71. The third-order valence-corrected chi connectivity index (χ3v) is 5.27. The van der Waals surface area contributed by atoms with Crippen LogP contribution in [0.3, 0.4) is 0 Å². The van der Waals surface area contributed by atoms with Gasteiger partial charge in [-0.1, -0.05) is 35.9 Å². The Bertz CT molecular complexity index is 871. The fraction of sp³-hybridized carbons (Fsp3) is 0.364. The van der Waals surface area contributed by atoms with Crippen molar-refractivity contribution in [1.82, 2.24) is 4.90 Å². The maximum absolute atomic E-state index is 12.9. The summed E-state index contributed by atoms with van der Waals surface area (Å²) in [6.07, 6.45) is 0.270. The van der Waals surface area contributed by atoms with Crippen LogP contribution in [0.1, 0.15) is 17.5 Å². The molecule has 2 N–H and O–H groups in total. The van der Waals surface area contributed by atoms with E-state index in [1.807, 2.05) is 31.2 Å². The Morgan fingerprint density at radius 1 is 1.21 bits per heavy atom. The van der Waals surface area contributed by atoms with Crippen LogP contribution >= 0.6 is 11.6 Å². The molecule has 1 aliphatic heterocycles. The second kappa shape index (κ2) is 9.29. The van der Waals surface area contributed by atoms with Gasteiger partial charge in [-0.05, 0) is 42.3 Å². The zero-order valence-corrected chi connectivity index (χ0v) is 17.2. The third-order valence-electron chi connectivity index (χ3n) is 5.02. The van der Waals surface area contributed by atoms with Crippen LogP contribution in [0.5, 0.6) is 5.75 Å². The Morgan fingerprint density at radius 2 is 1.93 bits per heavy atom. The molecule has 154 valence electrons. The summed E-state index contributed by atoms with van der Waals surface area (Å²) in [4.78, 5) is 26.3. The number of hydrogen-bond donors (Lipinski definition) is 1. The largest absolute Gasteiger partial charge is 0.490 e. The quantitative estimate of drug-likeness (QED) is 0.752. The highest BCUT2D eigenvalue weighted by Gasteiger charge is 2.40. The van der Waals surface area contributed by atoms with Crippen molar-refractivity contribution in [3.63, 3.8) is 0 Å². The van der Waals surface area contributed by atoms with Gasteiger partial charge in [-0.3, -0.25) is 9.59 Å². The maximum atomic E-state index is 12.9. The van der Waals surface area contributed by atoms with Crippen molar-refractivity contribution < 1.29 is 19.1 Å². The van der Waals surface area contributed by atoms with Crippen molar-refractivity contribution in [3.05, 3.63) is 64.7 Å². The lowest BCUT2D eigenvalue weighted by Gasteiger charge is -2.42. The molecule has 1 saturated heterocycles. The van der Waals surface area contributed by atoms with Gasteiger partial charge in [-0.25, -0.2) is 0 Å². The first-order valence-electron chi connectivity index (χ1n) is 9.50.